The van der Waals surface area contributed by atoms with E-state index >= 15 is 0 Å². The monoisotopic (exact) mass is 431 g/mol. The molecule has 2 N–H and O–H groups in total. The fraction of sp³-hybridized carbons (Fsp3) is 0.174. The van der Waals surface area contributed by atoms with E-state index < -0.39 is 24.8 Å². The lowest BCUT2D eigenvalue weighted by Crippen LogP contribution is -2.27. The Morgan fingerprint density at radius 2 is 1.62 bits per heavy atom. The van der Waals surface area contributed by atoms with Gasteiger partial charge >= 0.3 is 0 Å². The van der Waals surface area contributed by atoms with Crippen molar-refractivity contribution in [2.24, 2.45) is 15.4 Å². The number of amides is 2. The highest BCUT2D eigenvalue weighted by molar-refractivity contribution is 6.02. The Balaban J connectivity index is 1.46. The van der Waals surface area contributed by atoms with Crippen molar-refractivity contribution >= 4 is 17.5 Å². The van der Waals surface area contributed by atoms with E-state index in [1.54, 1.807) is 43.3 Å². The average molecular weight is 431 g/mol. The van der Waals surface area contributed by atoms with Crippen molar-refractivity contribution in [1.29, 1.82) is 0 Å². The van der Waals surface area contributed by atoms with Gasteiger partial charge in [0.2, 0.25) is 0 Å². The van der Waals surface area contributed by atoms with Gasteiger partial charge in [-0.25, -0.2) is 9.97 Å². The van der Waals surface area contributed by atoms with Gasteiger partial charge in [0.25, 0.3) is 11.8 Å². The molecule has 0 radical (unpaired) electrons. The van der Waals surface area contributed by atoms with Gasteiger partial charge in [-0.1, -0.05) is 54.1 Å². The topological polar surface area (TPSA) is 121 Å². The number of benzene rings is 2. The van der Waals surface area contributed by atoms with Gasteiger partial charge in [0.1, 0.15) is 24.3 Å². The molecular formula is C23H21N7O2. The first-order chi connectivity index (χ1) is 17.0. The Bertz CT molecular complexity index is 1370. The molecule has 9 nitrogen and oxygen atoms in total. The minimum absolute atomic E-state index is 0.186. The summed E-state index contributed by atoms with van der Waals surface area (Å²) in [6.45, 7) is -2.29. The molecular weight excluding hydrogens is 406 g/mol. The Morgan fingerprint density at radius 3 is 2.25 bits per heavy atom. The third kappa shape index (κ3) is 5.25. The van der Waals surface area contributed by atoms with Crippen LogP contribution in [0.2, 0.25) is 0 Å². The first-order valence-corrected chi connectivity index (χ1v) is 9.64. The van der Waals surface area contributed by atoms with E-state index in [0.717, 1.165) is 23.5 Å². The zero-order chi connectivity index (χ0) is 25.9. The molecule has 1 aliphatic heterocycles. The molecule has 9 heteroatoms. The predicted octanol–water partition coefficient (Wildman–Crippen LogP) is 2.81. The molecule has 0 spiro atoms. The molecule has 0 unspecified atom stereocenters. The van der Waals surface area contributed by atoms with Gasteiger partial charge in [-0.2, -0.15) is 5.11 Å². The highest BCUT2D eigenvalue weighted by Gasteiger charge is 2.13. The van der Waals surface area contributed by atoms with Gasteiger partial charge in [-0.15, -0.1) is 5.10 Å². The van der Waals surface area contributed by atoms with Crippen molar-refractivity contribution in [1.82, 2.24) is 20.6 Å². The molecule has 0 fully saturated rings. The molecule has 1 aromatic heterocycles. The van der Waals surface area contributed by atoms with Crippen LogP contribution in [-0.2, 0) is 13.0 Å². The summed E-state index contributed by atoms with van der Waals surface area (Å²) in [6.07, 6.45) is 0.981. The number of nitrogens with one attached hydrogen (secondary N) is 2. The van der Waals surface area contributed by atoms with Crippen LogP contribution >= 0.6 is 0 Å². The molecule has 2 heterocycles. The summed E-state index contributed by atoms with van der Waals surface area (Å²) in [5.74, 6) is -1.73. The van der Waals surface area contributed by atoms with Gasteiger partial charge < -0.3 is 10.6 Å². The molecule has 0 saturated heterocycles. The summed E-state index contributed by atoms with van der Waals surface area (Å²) < 4.78 is 33.0. The van der Waals surface area contributed by atoms with E-state index in [2.05, 4.69) is 36.0 Å². The minimum Gasteiger partial charge on any atom is -0.347 e. The van der Waals surface area contributed by atoms with Gasteiger partial charge in [-0.3, -0.25) is 9.59 Å². The lowest BCUT2D eigenvalue weighted by Gasteiger charge is -2.08. The first-order valence-electron chi connectivity index (χ1n) is 11.6. The lowest BCUT2D eigenvalue weighted by molar-refractivity contribution is 0.0944. The summed E-state index contributed by atoms with van der Waals surface area (Å²) in [6, 6.07) is 14.1. The van der Waals surface area contributed by atoms with Crippen molar-refractivity contribution in [2.45, 2.75) is 19.9 Å². The first kappa shape index (κ1) is 16.4. The minimum atomic E-state index is -2.25. The lowest BCUT2D eigenvalue weighted by atomic mass is 10.1. The Hall–Kier alpha value is -4.27. The fourth-order valence-electron chi connectivity index (χ4n) is 2.83. The van der Waals surface area contributed by atoms with Crippen LogP contribution in [0.3, 0.4) is 0 Å². The van der Waals surface area contributed by atoms with E-state index in [0.29, 0.717) is 12.3 Å². The Labute approximate surface area is 190 Å². The van der Waals surface area contributed by atoms with Gasteiger partial charge in [0.15, 0.2) is 0 Å². The van der Waals surface area contributed by atoms with Crippen molar-refractivity contribution in [3.8, 4) is 0 Å². The van der Waals surface area contributed by atoms with Gasteiger partial charge in [-0.05, 0) is 28.8 Å². The van der Waals surface area contributed by atoms with E-state index in [1.807, 2.05) is 0 Å². The largest absolute Gasteiger partial charge is 0.347 e. The summed E-state index contributed by atoms with van der Waals surface area (Å²) in [5, 5.41) is 15.7. The van der Waals surface area contributed by atoms with Crippen LogP contribution in [0.15, 0.2) is 76.4 Å². The second kappa shape index (κ2) is 9.69. The van der Waals surface area contributed by atoms with E-state index in [9.17, 15) is 9.59 Å². The third-order valence-corrected chi connectivity index (χ3v) is 4.46. The third-order valence-electron chi connectivity index (χ3n) is 4.46. The summed E-state index contributed by atoms with van der Waals surface area (Å²) in [7, 11) is 0. The van der Waals surface area contributed by atoms with E-state index in [-0.39, 0.29) is 22.5 Å². The number of nitrogens with zero attached hydrogens (tertiary/aromatic N) is 5. The maximum absolute atomic E-state index is 12.7. The quantitative estimate of drug-likeness (QED) is 0.597. The summed E-state index contributed by atoms with van der Waals surface area (Å²) in [4.78, 5) is 33.1. The SMILES string of the molecule is [2H]C([2H])(NC(=O)c1cc(C(=O)NC([2H])([2H])c2cccc(C)c2)ncn1)c1ccc(C2=NN=NC2)cc1. The molecule has 4 rings (SSSR count). The standard InChI is InChI=1S/C23H21N7O2/c1-15-3-2-4-17(9-15)12-25-23(32)20-10-19(26-14-27-20)22(31)24-11-16-5-7-18(8-6-16)21-13-28-30-29-21/h2-10,14H,11-13H2,1H3,(H,24,31)(H,25,32)/i11D2,12D2. The zero-order valence-electron chi connectivity index (χ0n) is 21.0. The number of carbonyl (C=O) groups is 2. The van der Waals surface area contributed by atoms with Crippen molar-refractivity contribution in [2.75, 3.05) is 6.54 Å². The van der Waals surface area contributed by atoms with Crippen LogP contribution in [0.25, 0.3) is 0 Å². The molecule has 0 saturated carbocycles. The zero-order valence-corrected chi connectivity index (χ0v) is 17.0. The van der Waals surface area contributed by atoms with Crippen LogP contribution in [0.1, 0.15) is 48.7 Å². The normalized spacial score (nSPS) is 15.1. The maximum atomic E-state index is 12.7. The maximum Gasteiger partial charge on any atom is 0.270 e. The fourth-order valence-corrected chi connectivity index (χ4v) is 2.83. The number of hydrogen-bond acceptors (Lipinski definition) is 7. The average Bonchev–Trinajstić information content (AvgIpc) is 3.39. The molecule has 2 amide bonds. The Kier molecular flexibility index (Phi) is 4.98. The van der Waals surface area contributed by atoms with Crippen LogP contribution in [0.4, 0.5) is 0 Å². The summed E-state index contributed by atoms with van der Waals surface area (Å²) in [5.41, 5.74) is 2.16. The molecule has 1 aliphatic rings. The van der Waals surface area contributed by atoms with Crippen molar-refractivity contribution < 1.29 is 15.1 Å². The second-order valence-electron chi connectivity index (χ2n) is 6.83. The van der Waals surface area contributed by atoms with Crippen LogP contribution < -0.4 is 10.6 Å². The second-order valence-corrected chi connectivity index (χ2v) is 6.83. The molecule has 160 valence electrons. The van der Waals surface area contributed by atoms with E-state index in [1.165, 1.54) is 12.1 Å². The van der Waals surface area contributed by atoms with Crippen LogP contribution in [-0.4, -0.2) is 34.0 Å². The number of carbonyl (C=O) groups excluding carboxylic acids is 2. The van der Waals surface area contributed by atoms with Crippen molar-refractivity contribution in [3.63, 3.8) is 0 Å². The molecule has 3 aromatic rings. The molecule has 0 aliphatic carbocycles. The number of hydrogen-bond donors (Lipinski definition) is 2. The van der Waals surface area contributed by atoms with Crippen LogP contribution in [0, 0.1) is 6.92 Å². The number of aromatic nitrogens is 2. The smallest absolute Gasteiger partial charge is 0.270 e. The van der Waals surface area contributed by atoms with E-state index in [4.69, 9.17) is 5.48 Å². The highest BCUT2D eigenvalue weighted by Crippen LogP contribution is 2.10. The molecule has 0 bridgehead atoms. The molecule has 2 aromatic carbocycles. The number of aryl methyl sites for hydroxylation is 1. The highest BCUT2D eigenvalue weighted by atomic mass is 16.2. The van der Waals surface area contributed by atoms with Crippen molar-refractivity contribution in [3.05, 3.63) is 94.6 Å². The molecule has 0 atom stereocenters. The van der Waals surface area contributed by atoms with Gasteiger partial charge in [0.05, 0.1) is 11.2 Å². The molecule has 32 heavy (non-hydrogen) atoms. The van der Waals surface area contributed by atoms with Gasteiger partial charge in [0, 0.05) is 19.1 Å². The Morgan fingerprint density at radius 1 is 0.938 bits per heavy atom. The van der Waals surface area contributed by atoms with Crippen LogP contribution in [0.5, 0.6) is 0 Å². The number of rotatable bonds is 7. The summed E-state index contributed by atoms with van der Waals surface area (Å²) >= 11 is 0. The predicted molar refractivity (Wildman–Crippen MR) is 118 cm³/mol.